The van der Waals surface area contributed by atoms with Crippen LogP contribution in [0.4, 0.5) is 5.82 Å². The minimum absolute atomic E-state index is 0.0470. The number of aromatic amines is 1. The standard InChI is InChI=1S/C22H22N6O2/c1-15(21-25-18-5-3-2-4-17(18)22(30)26-21)12-20(29)28-10-8-27(9-11-28)19-7-6-16(13-23)14-24-19/h2-7,14-15H,8-12H2,1H3,(H,25,26,30). The van der Waals surface area contributed by atoms with Crippen LogP contribution in [0.5, 0.6) is 0 Å². The number of benzene rings is 1. The van der Waals surface area contributed by atoms with Gasteiger partial charge in [0, 0.05) is 44.7 Å². The Morgan fingerprint density at radius 1 is 1.20 bits per heavy atom. The molecule has 30 heavy (non-hydrogen) atoms. The predicted molar refractivity (Wildman–Crippen MR) is 113 cm³/mol. The molecule has 0 bridgehead atoms. The maximum Gasteiger partial charge on any atom is 0.258 e. The van der Waals surface area contributed by atoms with E-state index in [4.69, 9.17) is 5.26 Å². The first-order valence-corrected chi connectivity index (χ1v) is 9.93. The summed E-state index contributed by atoms with van der Waals surface area (Å²) in [6.07, 6.45) is 1.85. The average molecular weight is 402 g/mol. The van der Waals surface area contributed by atoms with Gasteiger partial charge in [0.15, 0.2) is 0 Å². The first-order valence-electron chi connectivity index (χ1n) is 9.93. The maximum absolute atomic E-state index is 12.8. The number of piperazine rings is 1. The second-order valence-electron chi connectivity index (χ2n) is 7.46. The normalized spacial score (nSPS) is 15.1. The summed E-state index contributed by atoms with van der Waals surface area (Å²) in [7, 11) is 0. The second-order valence-corrected chi connectivity index (χ2v) is 7.46. The molecule has 1 atom stereocenters. The zero-order valence-corrected chi connectivity index (χ0v) is 16.7. The second kappa shape index (κ2) is 8.33. The lowest BCUT2D eigenvalue weighted by Crippen LogP contribution is -2.49. The van der Waals surface area contributed by atoms with Gasteiger partial charge in [0.25, 0.3) is 5.56 Å². The van der Waals surface area contributed by atoms with Gasteiger partial charge in [-0.15, -0.1) is 0 Å². The van der Waals surface area contributed by atoms with E-state index in [0.717, 1.165) is 5.82 Å². The smallest absolute Gasteiger partial charge is 0.258 e. The Morgan fingerprint density at radius 2 is 1.97 bits per heavy atom. The maximum atomic E-state index is 12.8. The average Bonchev–Trinajstić information content (AvgIpc) is 2.79. The molecule has 3 heterocycles. The first kappa shape index (κ1) is 19.6. The number of aromatic nitrogens is 3. The molecule has 0 saturated carbocycles. The summed E-state index contributed by atoms with van der Waals surface area (Å²) in [4.78, 5) is 40.7. The van der Waals surface area contributed by atoms with Gasteiger partial charge in [-0.3, -0.25) is 9.59 Å². The number of nitrogens with one attached hydrogen (secondary N) is 1. The summed E-state index contributed by atoms with van der Waals surface area (Å²) in [5, 5.41) is 9.43. The Kier molecular flexibility index (Phi) is 5.44. The number of nitriles is 1. The molecule has 2 aromatic heterocycles. The molecule has 8 nitrogen and oxygen atoms in total. The van der Waals surface area contributed by atoms with E-state index in [1.807, 2.05) is 24.0 Å². The summed E-state index contributed by atoms with van der Waals surface area (Å²) >= 11 is 0. The van der Waals surface area contributed by atoms with Crippen LogP contribution in [0.15, 0.2) is 47.4 Å². The lowest BCUT2D eigenvalue weighted by molar-refractivity contribution is -0.131. The molecule has 8 heteroatoms. The molecular weight excluding hydrogens is 380 g/mol. The Morgan fingerprint density at radius 3 is 2.67 bits per heavy atom. The van der Waals surface area contributed by atoms with Gasteiger partial charge in [0.1, 0.15) is 17.7 Å². The fourth-order valence-corrected chi connectivity index (χ4v) is 3.65. The van der Waals surface area contributed by atoms with Crippen LogP contribution in [0.25, 0.3) is 10.9 Å². The van der Waals surface area contributed by atoms with E-state index in [2.05, 4.69) is 25.9 Å². The highest BCUT2D eigenvalue weighted by atomic mass is 16.2. The van der Waals surface area contributed by atoms with E-state index in [-0.39, 0.29) is 23.8 Å². The van der Waals surface area contributed by atoms with Gasteiger partial charge in [-0.05, 0) is 24.3 Å². The highest BCUT2D eigenvalue weighted by molar-refractivity contribution is 5.78. The number of hydrogen-bond acceptors (Lipinski definition) is 6. The van der Waals surface area contributed by atoms with E-state index < -0.39 is 0 Å². The third kappa shape index (κ3) is 4.01. The minimum Gasteiger partial charge on any atom is -0.353 e. The van der Waals surface area contributed by atoms with E-state index in [0.29, 0.717) is 48.5 Å². The van der Waals surface area contributed by atoms with Crippen molar-refractivity contribution in [2.45, 2.75) is 19.3 Å². The molecule has 1 unspecified atom stereocenters. The Labute approximate surface area is 173 Å². The molecule has 1 amide bonds. The Hall–Kier alpha value is -3.73. The number of pyridine rings is 1. The number of H-pyrrole nitrogens is 1. The molecule has 1 fully saturated rings. The summed E-state index contributed by atoms with van der Waals surface area (Å²) in [6.45, 7) is 4.49. The molecule has 0 spiro atoms. The number of anilines is 1. The molecule has 1 aliphatic heterocycles. The van der Waals surface area contributed by atoms with Crippen molar-refractivity contribution in [1.82, 2.24) is 19.9 Å². The predicted octanol–water partition coefficient (Wildman–Crippen LogP) is 2.03. The van der Waals surface area contributed by atoms with E-state index in [1.165, 1.54) is 0 Å². The molecule has 0 radical (unpaired) electrons. The number of carbonyl (C=O) groups is 1. The van der Waals surface area contributed by atoms with Crippen molar-refractivity contribution >= 4 is 22.6 Å². The highest BCUT2D eigenvalue weighted by Gasteiger charge is 2.24. The molecule has 4 rings (SSSR count). The van der Waals surface area contributed by atoms with Crippen molar-refractivity contribution in [3.63, 3.8) is 0 Å². The number of fused-ring (bicyclic) bond motifs is 1. The summed E-state index contributed by atoms with van der Waals surface area (Å²) < 4.78 is 0. The van der Waals surface area contributed by atoms with Gasteiger partial charge >= 0.3 is 0 Å². The van der Waals surface area contributed by atoms with Crippen LogP contribution >= 0.6 is 0 Å². The van der Waals surface area contributed by atoms with Gasteiger partial charge in [0.2, 0.25) is 5.91 Å². The molecule has 1 N–H and O–H groups in total. The van der Waals surface area contributed by atoms with Gasteiger partial charge in [-0.25, -0.2) is 9.97 Å². The quantitative estimate of drug-likeness (QED) is 0.716. The number of para-hydroxylation sites is 1. The van der Waals surface area contributed by atoms with Gasteiger partial charge in [-0.2, -0.15) is 5.26 Å². The Balaban J connectivity index is 1.37. The molecular formula is C22H22N6O2. The van der Waals surface area contributed by atoms with Gasteiger partial charge in [-0.1, -0.05) is 19.1 Å². The van der Waals surface area contributed by atoms with Crippen LogP contribution in [-0.4, -0.2) is 51.9 Å². The van der Waals surface area contributed by atoms with Crippen LogP contribution in [0.2, 0.25) is 0 Å². The first-order chi connectivity index (χ1) is 14.5. The summed E-state index contributed by atoms with van der Waals surface area (Å²) in [5.41, 5.74) is 0.986. The number of carbonyl (C=O) groups excluding carboxylic acids is 1. The number of nitrogens with zero attached hydrogens (tertiary/aromatic N) is 5. The molecule has 1 aromatic carbocycles. The van der Waals surface area contributed by atoms with Gasteiger partial charge < -0.3 is 14.8 Å². The summed E-state index contributed by atoms with van der Waals surface area (Å²) in [6, 6.07) is 12.8. The zero-order valence-electron chi connectivity index (χ0n) is 16.7. The number of rotatable bonds is 4. The van der Waals surface area contributed by atoms with Crippen molar-refractivity contribution in [2.24, 2.45) is 0 Å². The van der Waals surface area contributed by atoms with Crippen molar-refractivity contribution < 1.29 is 4.79 Å². The summed E-state index contributed by atoms with van der Waals surface area (Å²) in [5.74, 6) is 1.21. The van der Waals surface area contributed by atoms with Crippen LogP contribution in [0.1, 0.15) is 30.7 Å². The van der Waals surface area contributed by atoms with E-state index in [9.17, 15) is 9.59 Å². The molecule has 1 aliphatic rings. The van der Waals surface area contributed by atoms with Crippen molar-refractivity contribution in [3.8, 4) is 6.07 Å². The Bertz CT molecular complexity index is 1160. The molecule has 0 aliphatic carbocycles. The van der Waals surface area contributed by atoms with E-state index >= 15 is 0 Å². The van der Waals surface area contributed by atoms with Crippen LogP contribution < -0.4 is 10.5 Å². The van der Waals surface area contributed by atoms with Crippen molar-refractivity contribution in [2.75, 3.05) is 31.1 Å². The lowest BCUT2D eigenvalue weighted by Gasteiger charge is -2.35. The molecule has 152 valence electrons. The van der Waals surface area contributed by atoms with E-state index in [1.54, 1.807) is 30.5 Å². The molecule has 3 aromatic rings. The monoisotopic (exact) mass is 402 g/mol. The van der Waals surface area contributed by atoms with Crippen molar-refractivity contribution in [3.05, 3.63) is 64.3 Å². The minimum atomic E-state index is -0.187. The third-order valence-electron chi connectivity index (χ3n) is 5.41. The molecule has 1 saturated heterocycles. The SMILES string of the molecule is CC(CC(=O)N1CCN(c2ccc(C#N)cn2)CC1)c1nc2ccccc2c(=O)[nH]1. The fraction of sp³-hybridized carbons (Fsp3) is 0.318. The number of amides is 1. The highest BCUT2D eigenvalue weighted by Crippen LogP contribution is 2.19. The number of hydrogen-bond donors (Lipinski definition) is 1. The zero-order chi connectivity index (χ0) is 21.1. The largest absolute Gasteiger partial charge is 0.353 e. The van der Waals surface area contributed by atoms with Gasteiger partial charge in [0.05, 0.1) is 16.5 Å². The van der Waals surface area contributed by atoms with Crippen LogP contribution in [-0.2, 0) is 4.79 Å². The lowest BCUT2D eigenvalue weighted by atomic mass is 10.1. The van der Waals surface area contributed by atoms with Crippen LogP contribution in [0, 0.1) is 11.3 Å². The van der Waals surface area contributed by atoms with Crippen molar-refractivity contribution in [1.29, 1.82) is 5.26 Å². The van der Waals surface area contributed by atoms with Crippen LogP contribution in [0.3, 0.4) is 0 Å². The topological polar surface area (TPSA) is 106 Å². The third-order valence-corrected chi connectivity index (χ3v) is 5.41. The fourth-order valence-electron chi connectivity index (χ4n) is 3.65.